The lowest BCUT2D eigenvalue weighted by atomic mass is 10.0. The summed E-state index contributed by atoms with van der Waals surface area (Å²) >= 11 is 5.46. The second kappa shape index (κ2) is 6.17. The normalized spacial score (nSPS) is 12.4. The molecular formula is C13H11ClF2N2O3. The summed E-state index contributed by atoms with van der Waals surface area (Å²) in [6.07, 6.45) is 0.179. The van der Waals surface area contributed by atoms with Gasteiger partial charge in [0.15, 0.2) is 0 Å². The van der Waals surface area contributed by atoms with Gasteiger partial charge in [0.1, 0.15) is 11.6 Å². The number of aromatic nitrogens is 2. The SMILES string of the molecule is CC(CC(=O)O)Cc1nnc(-c2cc(F)c(Cl)cc2F)o1. The quantitative estimate of drug-likeness (QED) is 0.856. The molecule has 0 aliphatic heterocycles. The van der Waals surface area contributed by atoms with E-state index in [1.165, 1.54) is 0 Å². The van der Waals surface area contributed by atoms with E-state index in [1.807, 2.05) is 0 Å². The molecule has 1 unspecified atom stereocenters. The molecule has 0 saturated heterocycles. The topological polar surface area (TPSA) is 76.2 Å². The van der Waals surface area contributed by atoms with Crippen molar-refractivity contribution < 1.29 is 23.1 Å². The lowest BCUT2D eigenvalue weighted by Gasteiger charge is -2.03. The first kappa shape index (κ1) is 15.4. The van der Waals surface area contributed by atoms with Crippen LogP contribution in [0.15, 0.2) is 16.5 Å². The zero-order chi connectivity index (χ0) is 15.6. The van der Waals surface area contributed by atoms with Gasteiger partial charge in [-0.15, -0.1) is 10.2 Å². The molecule has 0 aliphatic rings. The highest BCUT2D eigenvalue weighted by atomic mass is 35.5. The smallest absolute Gasteiger partial charge is 0.303 e. The van der Waals surface area contributed by atoms with Gasteiger partial charge in [-0.1, -0.05) is 18.5 Å². The van der Waals surface area contributed by atoms with Crippen molar-refractivity contribution in [2.75, 3.05) is 0 Å². The number of nitrogens with zero attached hydrogens (tertiary/aromatic N) is 2. The molecule has 8 heteroatoms. The Bertz CT molecular complexity index is 675. The van der Waals surface area contributed by atoms with Gasteiger partial charge in [0.05, 0.1) is 10.6 Å². The third kappa shape index (κ3) is 3.75. The van der Waals surface area contributed by atoms with Crippen molar-refractivity contribution >= 4 is 17.6 Å². The third-order valence-electron chi connectivity index (χ3n) is 2.75. The summed E-state index contributed by atoms with van der Waals surface area (Å²) < 4.78 is 32.3. The first-order chi connectivity index (χ1) is 9.86. The standard InChI is InChI=1S/C13H11ClF2N2O3/c1-6(3-12(19)20)2-11-17-18-13(21-11)7-4-10(16)8(14)5-9(7)15/h4-6H,2-3H2,1H3,(H,19,20). The van der Waals surface area contributed by atoms with Gasteiger partial charge < -0.3 is 9.52 Å². The summed E-state index contributed by atoms with van der Waals surface area (Å²) in [4.78, 5) is 10.6. The first-order valence-electron chi connectivity index (χ1n) is 6.06. The van der Waals surface area contributed by atoms with Crippen LogP contribution in [0.2, 0.25) is 5.02 Å². The van der Waals surface area contributed by atoms with E-state index in [4.69, 9.17) is 21.1 Å². The van der Waals surface area contributed by atoms with Gasteiger partial charge in [-0.2, -0.15) is 0 Å². The van der Waals surface area contributed by atoms with E-state index in [-0.39, 0.29) is 41.1 Å². The van der Waals surface area contributed by atoms with Crippen LogP contribution >= 0.6 is 11.6 Å². The molecule has 1 heterocycles. The van der Waals surface area contributed by atoms with E-state index in [1.54, 1.807) is 6.92 Å². The lowest BCUT2D eigenvalue weighted by Crippen LogP contribution is -2.07. The zero-order valence-electron chi connectivity index (χ0n) is 10.9. The van der Waals surface area contributed by atoms with Gasteiger partial charge in [-0.25, -0.2) is 8.78 Å². The van der Waals surface area contributed by atoms with Crippen molar-refractivity contribution in [1.29, 1.82) is 0 Å². The van der Waals surface area contributed by atoms with Gasteiger partial charge in [0, 0.05) is 12.8 Å². The largest absolute Gasteiger partial charge is 0.481 e. The van der Waals surface area contributed by atoms with Crippen molar-refractivity contribution in [3.05, 3.63) is 34.7 Å². The molecule has 0 amide bonds. The summed E-state index contributed by atoms with van der Waals surface area (Å²) in [5.41, 5.74) is -0.193. The number of carboxylic acids is 1. The van der Waals surface area contributed by atoms with E-state index in [9.17, 15) is 13.6 Å². The van der Waals surface area contributed by atoms with Crippen LogP contribution < -0.4 is 0 Å². The minimum atomic E-state index is -0.937. The molecule has 1 aromatic carbocycles. The van der Waals surface area contributed by atoms with Gasteiger partial charge >= 0.3 is 5.97 Å². The molecule has 2 rings (SSSR count). The summed E-state index contributed by atoms with van der Waals surface area (Å²) in [7, 11) is 0. The van der Waals surface area contributed by atoms with Crippen molar-refractivity contribution in [2.24, 2.45) is 5.92 Å². The van der Waals surface area contributed by atoms with Crippen LogP contribution in [-0.4, -0.2) is 21.3 Å². The van der Waals surface area contributed by atoms with Crippen molar-refractivity contribution in [3.63, 3.8) is 0 Å². The molecule has 2 aromatic rings. The average molecular weight is 317 g/mol. The Morgan fingerprint density at radius 1 is 1.38 bits per heavy atom. The fourth-order valence-electron chi connectivity index (χ4n) is 1.80. The van der Waals surface area contributed by atoms with Gasteiger partial charge in [-0.05, 0) is 18.1 Å². The van der Waals surface area contributed by atoms with E-state index >= 15 is 0 Å². The van der Waals surface area contributed by atoms with Crippen LogP contribution in [0.5, 0.6) is 0 Å². The lowest BCUT2D eigenvalue weighted by molar-refractivity contribution is -0.137. The number of carboxylic acid groups (broad SMARTS) is 1. The van der Waals surface area contributed by atoms with Crippen LogP contribution in [0.1, 0.15) is 19.2 Å². The van der Waals surface area contributed by atoms with E-state index < -0.39 is 17.6 Å². The summed E-state index contributed by atoms with van der Waals surface area (Å²) in [5.74, 6) is -2.76. The maximum Gasteiger partial charge on any atom is 0.303 e. The van der Waals surface area contributed by atoms with Gasteiger partial charge in [0.2, 0.25) is 5.89 Å². The number of halogens is 3. The second-order valence-electron chi connectivity index (χ2n) is 4.65. The Morgan fingerprint density at radius 2 is 2.10 bits per heavy atom. The molecule has 0 aliphatic carbocycles. The Kier molecular flexibility index (Phi) is 4.52. The van der Waals surface area contributed by atoms with Crippen LogP contribution in [0.25, 0.3) is 11.5 Å². The molecule has 1 aromatic heterocycles. The number of hydrogen-bond acceptors (Lipinski definition) is 4. The Hall–Kier alpha value is -2.02. The van der Waals surface area contributed by atoms with Crippen LogP contribution in [-0.2, 0) is 11.2 Å². The number of carbonyl (C=O) groups is 1. The Labute approximate surface area is 123 Å². The van der Waals surface area contributed by atoms with E-state index in [0.717, 1.165) is 12.1 Å². The maximum absolute atomic E-state index is 13.7. The number of hydrogen-bond donors (Lipinski definition) is 1. The maximum atomic E-state index is 13.7. The molecular weight excluding hydrogens is 306 g/mol. The predicted molar refractivity (Wildman–Crippen MR) is 69.8 cm³/mol. The Balaban J connectivity index is 2.20. The molecule has 0 bridgehead atoms. The predicted octanol–water partition coefficient (Wildman–Crippen LogP) is 3.32. The number of benzene rings is 1. The highest BCUT2D eigenvalue weighted by Crippen LogP contribution is 2.27. The summed E-state index contributed by atoms with van der Waals surface area (Å²) in [6, 6.07) is 1.69. The molecule has 0 fully saturated rings. The zero-order valence-corrected chi connectivity index (χ0v) is 11.7. The summed E-state index contributed by atoms with van der Waals surface area (Å²) in [6.45, 7) is 1.71. The fraction of sp³-hybridized carbons (Fsp3) is 0.308. The summed E-state index contributed by atoms with van der Waals surface area (Å²) in [5, 5.41) is 15.7. The first-order valence-corrected chi connectivity index (χ1v) is 6.43. The van der Waals surface area contributed by atoms with Crippen LogP contribution in [0, 0.1) is 17.6 Å². The second-order valence-corrected chi connectivity index (χ2v) is 5.06. The minimum Gasteiger partial charge on any atom is -0.481 e. The molecule has 21 heavy (non-hydrogen) atoms. The van der Waals surface area contributed by atoms with Crippen LogP contribution in [0.3, 0.4) is 0 Å². The molecule has 5 nitrogen and oxygen atoms in total. The van der Waals surface area contributed by atoms with Crippen molar-refractivity contribution in [1.82, 2.24) is 10.2 Å². The van der Waals surface area contributed by atoms with Crippen LogP contribution in [0.4, 0.5) is 8.78 Å². The minimum absolute atomic E-state index is 0.0539. The fourth-order valence-corrected chi connectivity index (χ4v) is 1.95. The number of rotatable bonds is 5. The molecule has 1 atom stereocenters. The van der Waals surface area contributed by atoms with Crippen molar-refractivity contribution in [2.45, 2.75) is 19.8 Å². The highest BCUT2D eigenvalue weighted by Gasteiger charge is 2.18. The van der Waals surface area contributed by atoms with E-state index in [2.05, 4.69) is 10.2 Å². The third-order valence-corrected chi connectivity index (χ3v) is 3.04. The average Bonchev–Trinajstić information content (AvgIpc) is 2.80. The van der Waals surface area contributed by atoms with E-state index in [0.29, 0.717) is 0 Å². The molecule has 0 saturated carbocycles. The van der Waals surface area contributed by atoms with Gasteiger partial charge in [-0.3, -0.25) is 4.79 Å². The van der Waals surface area contributed by atoms with Gasteiger partial charge in [0.25, 0.3) is 5.89 Å². The molecule has 112 valence electrons. The Morgan fingerprint density at radius 3 is 2.76 bits per heavy atom. The number of aliphatic carboxylic acids is 1. The highest BCUT2D eigenvalue weighted by molar-refractivity contribution is 6.30. The molecule has 0 spiro atoms. The van der Waals surface area contributed by atoms with Crippen molar-refractivity contribution in [3.8, 4) is 11.5 Å². The monoisotopic (exact) mass is 316 g/mol. The molecule has 0 radical (unpaired) electrons. The molecule has 1 N–H and O–H groups in total.